The van der Waals surface area contributed by atoms with Crippen LogP contribution in [0, 0.1) is 5.82 Å². The highest BCUT2D eigenvalue weighted by Crippen LogP contribution is 2.48. The molecule has 0 unspecified atom stereocenters. The van der Waals surface area contributed by atoms with E-state index in [-0.39, 0.29) is 10.7 Å². The van der Waals surface area contributed by atoms with Crippen molar-refractivity contribution in [2.45, 2.75) is 6.04 Å². The third-order valence-corrected chi connectivity index (χ3v) is 7.36. The first kappa shape index (κ1) is 22.1. The number of hydrogen-bond donors (Lipinski definition) is 1. The minimum absolute atomic E-state index is 0.0931. The van der Waals surface area contributed by atoms with Gasteiger partial charge in [0.1, 0.15) is 11.9 Å². The lowest BCUT2D eigenvalue weighted by atomic mass is 9.94. The van der Waals surface area contributed by atoms with Gasteiger partial charge in [-0.2, -0.15) is 0 Å². The van der Waals surface area contributed by atoms with Crippen molar-refractivity contribution in [1.82, 2.24) is 4.98 Å². The molecular weight excluding hydrogens is 479 g/mol. The lowest BCUT2D eigenvalue weighted by Crippen LogP contribution is -2.31. The summed E-state index contributed by atoms with van der Waals surface area (Å²) in [5.74, 6) is -1.66. The first-order valence-electron chi connectivity index (χ1n) is 10.1. The van der Waals surface area contributed by atoms with Crippen LogP contribution in [0.5, 0.6) is 11.5 Å². The molecule has 34 heavy (non-hydrogen) atoms. The number of Topliss-reactive ketones (excluding diaryl/α,β-unsaturated/α-hetero) is 1. The highest BCUT2D eigenvalue weighted by Gasteiger charge is 2.47. The Hall–Kier alpha value is -3.76. The van der Waals surface area contributed by atoms with Crippen molar-refractivity contribution in [1.29, 1.82) is 0 Å². The van der Waals surface area contributed by atoms with E-state index in [2.05, 4.69) is 4.98 Å². The van der Waals surface area contributed by atoms with Crippen molar-refractivity contribution < 1.29 is 28.6 Å². The molecule has 0 bridgehead atoms. The molecule has 2 aromatic heterocycles. The smallest absolute Gasteiger partial charge is 0.296 e. The highest BCUT2D eigenvalue weighted by molar-refractivity contribution is 7.22. The van der Waals surface area contributed by atoms with Gasteiger partial charge in [0.25, 0.3) is 5.91 Å². The maximum atomic E-state index is 13.8. The standard InChI is InChI=1S/C24H17FN2O5S2/c1-31-15-6-3-5-13(22(15)32-2)19-18(20(28)16-7-4-10-33-16)21(29)23(30)27(19)24-26-14-9-8-12(25)11-17(14)34-24/h3-11,19,29H,1-2H3/t19-/m0/s1. The normalized spacial score (nSPS) is 15.9. The summed E-state index contributed by atoms with van der Waals surface area (Å²) >= 11 is 2.29. The lowest BCUT2D eigenvalue weighted by Gasteiger charge is -2.26. The zero-order valence-corrected chi connectivity index (χ0v) is 19.6. The molecule has 0 aliphatic carbocycles. The maximum Gasteiger partial charge on any atom is 0.296 e. The molecule has 2 aromatic carbocycles. The first-order valence-corrected chi connectivity index (χ1v) is 11.8. The second-order valence-corrected chi connectivity index (χ2v) is 9.29. The molecule has 0 fully saturated rings. The van der Waals surface area contributed by atoms with Crippen LogP contribution in [0.2, 0.25) is 0 Å². The average molecular weight is 497 g/mol. The fourth-order valence-electron chi connectivity index (χ4n) is 3.99. The Kier molecular flexibility index (Phi) is 5.54. The number of thiazole rings is 1. The van der Waals surface area contributed by atoms with Crippen LogP contribution in [0.1, 0.15) is 21.3 Å². The van der Waals surface area contributed by atoms with Gasteiger partial charge in [0.15, 0.2) is 22.4 Å². The fourth-order valence-corrected chi connectivity index (χ4v) is 5.68. The summed E-state index contributed by atoms with van der Waals surface area (Å²) in [6.45, 7) is 0. The van der Waals surface area contributed by atoms with E-state index < -0.39 is 29.3 Å². The van der Waals surface area contributed by atoms with Crippen LogP contribution in [-0.2, 0) is 4.79 Å². The van der Waals surface area contributed by atoms with E-state index in [9.17, 15) is 19.1 Å². The van der Waals surface area contributed by atoms with Gasteiger partial charge in [0, 0.05) is 5.56 Å². The molecule has 0 radical (unpaired) electrons. The molecule has 7 nitrogen and oxygen atoms in total. The maximum absolute atomic E-state index is 13.8. The number of aromatic nitrogens is 1. The van der Waals surface area contributed by atoms with Gasteiger partial charge in [0.2, 0.25) is 5.78 Å². The van der Waals surface area contributed by atoms with Crippen LogP contribution in [0.3, 0.4) is 0 Å². The number of hydrogen-bond acceptors (Lipinski definition) is 8. The van der Waals surface area contributed by atoms with E-state index in [1.807, 2.05) is 0 Å². The van der Waals surface area contributed by atoms with Gasteiger partial charge >= 0.3 is 0 Å². The highest BCUT2D eigenvalue weighted by atomic mass is 32.1. The molecule has 0 saturated carbocycles. The number of aliphatic hydroxyl groups excluding tert-OH is 1. The van der Waals surface area contributed by atoms with Crippen LogP contribution >= 0.6 is 22.7 Å². The lowest BCUT2D eigenvalue weighted by molar-refractivity contribution is -0.117. The predicted octanol–water partition coefficient (Wildman–Crippen LogP) is 5.30. The van der Waals surface area contributed by atoms with Gasteiger partial charge in [-0.25, -0.2) is 9.37 Å². The number of ketones is 1. The zero-order valence-electron chi connectivity index (χ0n) is 17.9. The van der Waals surface area contributed by atoms with Gasteiger partial charge in [-0.3, -0.25) is 14.5 Å². The van der Waals surface area contributed by atoms with E-state index in [0.29, 0.717) is 32.2 Å². The number of thiophene rings is 1. The molecule has 1 amide bonds. The Labute approximate surface area is 201 Å². The van der Waals surface area contributed by atoms with Crippen molar-refractivity contribution >= 4 is 49.7 Å². The minimum Gasteiger partial charge on any atom is -0.503 e. The predicted molar refractivity (Wildman–Crippen MR) is 128 cm³/mol. The SMILES string of the molecule is COc1cccc([C@H]2C(C(=O)c3cccs3)=C(O)C(=O)N2c2nc3ccc(F)cc3s2)c1OC. The number of methoxy groups -OCH3 is 2. The number of carbonyl (C=O) groups excluding carboxylic acids is 2. The fraction of sp³-hybridized carbons (Fsp3) is 0.125. The number of benzene rings is 2. The monoisotopic (exact) mass is 496 g/mol. The average Bonchev–Trinajstić information content (AvgIpc) is 3.57. The van der Waals surface area contributed by atoms with Gasteiger partial charge in [0.05, 0.1) is 34.9 Å². The van der Waals surface area contributed by atoms with Crippen LogP contribution in [0.15, 0.2) is 65.2 Å². The Morgan fingerprint density at radius 2 is 1.97 bits per heavy atom. The molecule has 3 heterocycles. The molecule has 0 saturated heterocycles. The Bertz CT molecular complexity index is 1460. The number of rotatable bonds is 6. The molecule has 1 atom stereocenters. The number of anilines is 1. The number of carbonyl (C=O) groups is 2. The van der Waals surface area contributed by atoms with E-state index in [0.717, 1.165) is 11.3 Å². The van der Waals surface area contributed by atoms with E-state index >= 15 is 0 Å². The topological polar surface area (TPSA) is 89.0 Å². The summed E-state index contributed by atoms with van der Waals surface area (Å²) in [6.07, 6.45) is 0. The zero-order chi connectivity index (χ0) is 24.0. The van der Waals surface area contributed by atoms with Gasteiger partial charge in [-0.05, 0) is 35.7 Å². The van der Waals surface area contributed by atoms with Crippen molar-refractivity contribution in [2.75, 3.05) is 19.1 Å². The van der Waals surface area contributed by atoms with Crippen molar-refractivity contribution in [3.63, 3.8) is 0 Å². The van der Waals surface area contributed by atoms with Crippen molar-refractivity contribution in [3.05, 3.63) is 81.5 Å². The van der Waals surface area contributed by atoms with Gasteiger partial charge in [-0.15, -0.1) is 11.3 Å². The van der Waals surface area contributed by atoms with Crippen LogP contribution in [-0.4, -0.2) is 36.0 Å². The number of ether oxygens (including phenoxy) is 2. The third kappa shape index (κ3) is 3.42. The van der Waals surface area contributed by atoms with Crippen LogP contribution < -0.4 is 14.4 Å². The molecule has 10 heteroatoms. The van der Waals surface area contributed by atoms with Gasteiger partial charge < -0.3 is 14.6 Å². The molecule has 1 aliphatic heterocycles. The molecule has 172 valence electrons. The molecular formula is C24H17FN2O5S2. The summed E-state index contributed by atoms with van der Waals surface area (Å²) in [4.78, 5) is 32.9. The van der Waals surface area contributed by atoms with E-state index in [1.54, 1.807) is 35.7 Å². The quantitative estimate of drug-likeness (QED) is 0.365. The van der Waals surface area contributed by atoms with E-state index in [1.165, 1.54) is 48.7 Å². The second-order valence-electron chi connectivity index (χ2n) is 7.34. The van der Waals surface area contributed by atoms with Crippen molar-refractivity contribution in [3.8, 4) is 11.5 Å². The second kappa shape index (κ2) is 8.54. The van der Waals surface area contributed by atoms with Crippen molar-refractivity contribution in [2.24, 2.45) is 0 Å². The van der Waals surface area contributed by atoms with Crippen LogP contribution in [0.4, 0.5) is 9.52 Å². The summed E-state index contributed by atoms with van der Waals surface area (Å²) < 4.78 is 25.3. The number of aliphatic hydroxyl groups is 1. The number of amides is 1. The largest absolute Gasteiger partial charge is 0.503 e. The number of halogens is 1. The number of para-hydroxylation sites is 1. The van der Waals surface area contributed by atoms with Gasteiger partial charge in [-0.1, -0.05) is 29.5 Å². The molecule has 5 rings (SSSR count). The summed E-state index contributed by atoms with van der Waals surface area (Å²) in [5.41, 5.74) is 0.831. The minimum atomic E-state index is -1.04. The Balaban J connectivity index is 1.74. The summed E-state index contributed by atoms with van der Waals surface area (Å²) in [7, 11) is 2.93. The Morgan fingerprint density at radius 1 is 1.15 bits per heavy atom. The Morgan fingerprint density at radius 3 is 2.68 bits per heavy atom. The molecule has 1 aliphatic rings. The summed E-state index contributed by atoms with van der Waals surface area (Å²) in [6, 6.07) is 11.5. The number of fused-ring (bicyclic) bond motifs is 1. The third-order valence-electron chi connectivity index (χ3n) is 5.47. The van der Waals surface area contributed by atoms with Crippen LogP contribution in [0.25, 0.3) is 10.2 Å². The van der Waals surface area contributed by atoms with E-state index in [4.69, 9.17) is 9.47 Å². The molecule has 0 spiro atoms. The number of nitrogens with zero attached hydrogens (tertiary/aromatic N) is 2. The molecule has 4 aromatic rings. The molecule has 1 N–H and O–H groups in total. The first-order chi connectivity index (χ1) is 16.4. The summed E-state index contributed by atoms with van der Waals surface area (Å²) in [5, 5.41) is 12.9.